The Labute approximate surface area is 111 Å². The van der Waals surface area contributed by atoms with Gasteiger partial charge < -0.3 is 10.4 Å². The number of nitrogens with one attached hydrogen (secondary N) is 1. The minimum absolute atomic E-state index is 0.0980. The summed E-state index contributed by atoms with van der Waals surface area (Å²) < 4.78 is 12.4. The molecule has 0 saturated carbocycles. The van der Waals surface area contributed by atoms with Crippen molar-refractivity contribution < 1.29 is 19.1 Å². The highest BCUT2D eigenvalue weighted by atomic mass is 19.1. The zero-order valence-electron chi connectivity index (χ0n) is 11.0. The second kappa shape index (κ2) is 6.31. The summed E-state index contributed by atoms with van der Waals surface area (Å²) in [5, 5.41) is 10.9. The predicted molar refractivity (Wildman–Crippen MR) is 69.6 cm³/mol. The van der Waals surface area contributed by atoms with Gasteiger partial charge in [-0.15, -0.1) is 0 Å². The normalized spacial score (nSPS) is 12.8. The van der Waals surface area contributed by atoms with Crippen molar-refractivity contribution in [2.24, 2.45) is 0 Å². The van der Waals surface area contributed by atoms with Crippen LogP contribution in [-0.4, -0.2) is 29.7 Å². The van der Waals surface area contributed by atoms with Crippen molar-refractivity contribution in [1.29, 1.82) is 0 Å². The van der Waals surface area contributed by atoms with Crippen LogP contribution in [0.2, 0.25) is 0 Å². The number of hydrogen-bond donors (Lipinski definition) is 2. The van der Waals surface area contributed by atoms with Gasteiger partial charge in [0.1, 0.15) is 6.67 Å². The zero-order valence-corrected chi connectivity index (χ0v) is 11.0. The lowest BCUT2D eigenvalue weighted by Crippen LogP contribution is -2.44. The number of aliphatic carboxylic acids is 1. The van der Waals surface area contributed by atoms with Crippen molar-refractivity contribution in [3.63, 3.8) is 0 Å². The molecule has 0 radical (unpaired) electrons. The average Bonchev–Trinajstić information content (AvgIpc) is 2.36. The van der Waals surface area contributed by atoms with Crippen LogP contribution in [0.25, 0.3) is 0 Å². The Bertz CT molecular complexity index is 445. The lowest BCUT2D eigenvalue weighted by molar-refractivity contribution is -0.142. The van der Waals surface area contributed by atoms with E-state index in [9.17, 15) is 14.0 Å². The number of carbonyl (C=O) groups is 2. The molecule has 0 bridgehead atoms. The van der Waals surface area contributed by atoms with Crippen LogP contribution in [0.1, 0.15) is 25.8 Å². The van der Waals surface area contributed by atoms with E-state index in [1.807, 2.05) is 44.2 Å². The second-order valence-corrected chi connectivity index (χ2v) is 5.04. The molecule has 0 heterocycles. The van der Waals surface area contributed by atoms with E-state index >= 15 is 0 Å². The van der Waals surface area contributed by atoms with Gasteiger partial charge in [0.15, 0.2) is 6.04 Å². The second-order valence-electron chi connectivity index (χ2n) is 5.04. The molecule has 104 valence electrons. The molecule has 0 aliphatic heterocycles. The first kappa shape index (κ1) is 15.1. The van der Waals surface area contributed by atoms with Gasteiger partial charge in [-0.25, -0.2) is 9.18 Å². The van der Waals surface area contributed by atoms with Gasteiger partial charge in [0.2, 0.25) is 5.91 Å². The number of carboxylic acids is 1. The molecule has 0 saturated heterocycles. The molecule has 1 rings (SSSR count). The Balaban J connectivity index is 2.68. The van der Waals surface area contributed by atoms with Crippen LogP contribution in [0.4, 0.5) is 4.39 Å². The molecule has 4 nitrogen and oxygen atoms in total. The Kier molecular flexibility index (Phi) is 5.03. The predicted octanol–water partition coefficient (Wildman–Crippen LogP) is 1.89. The Hall–Kier alpha value is -1.91. The van der Waals surface area contributed by atoms with Gasteiger partial charge in [0.05, 0.1) is 0 Å². The molecule has 0 aliphatic carbocycles. The van der Waals surface area contributed by atoms with Gasteiger partial charge in [-0.2, -0.15) is 0 Å². The number of hydrogen-bond acceptors (Lipinski definition) is 2. The smallest absolute Gasteiger partial charge is 0.328 e. The number of benzene rings is 1. The Morgan fingerprint density at radius 3 is 2.37 bits per heavy atom. The van der Waals surface area contributed by atoms with Gasteiger partial charge in [0.25, 0.3) is 0 Å². The molecular weight excluding hydrogens is 249 g/mol. The van der Waals surface area contributed by atoms with E-state index in [2.05, 4.69) is 5.32 Å². The van der Waals surface area contributed by atoms with Crippen LogP contribution in [0, 0.1) is 0 Å². The van der Waals surface area contributed by atoms with Crippen LogP contribution in [0.3, 0.4) is 0 Å². The Morgan fingerprint density at radius 1 is 1.32 bits per heavy atom. The summed E-state index contributed by atoms with van der Waals surface area (Å²) >= 11 is 0. The van der Waals surface area contributed by atoms with E-state index in [1.54, 1.807) is 0 Å². The van der Waals surface area contributed by atoms with E-state index in [-0.39, 0.29) is 6.42 Å². The summed E-state index contributed by atoms with van der Waals surface area (Å²) in [6.07, 6.45) is 0.0980. The third-order valence-electron chi connectivity index (χ3n) is 2.95. The lowest BCUT2D eigenvalue weighted by Gasteiger charge is -2.25. The van der Waals surface area contributed by atoms with Gasteiger partial charge in [-0.1, -0.05) is 44.2 Å². The van der Waals surface area contributed by atoms with E-state index in [0.717, 1.165) is 5.56 Å². The number of carbonyl (C=O) groups excluding carboxylic acids is 1. The number of carboxylic acid groups (broad SMARTS) is 1. The molecule has 1 unspecified atom stereocenters. The molecule has 1 amide bonds. The third-order valence-corrected chi connectivity index (χ3v) is 2.95. The summed E-state index contributed by atoms with van der Waals surface area (Å²) in [5.41, 5.74) is 0.530. The molecule has 1 aromatic carbocycles. The number of alkyl halides is 1. The first-order chi connectivity index (χ1) is 8.86. The fraction of sp³-hybridized carbons (Fsp3) is 0.429. The largest absolute Gasteiger partial charge is 0.480 e. The number of halogens is 1. The van der Waals surface area contributed by atoms with Crippen LogP contribution < -0.4 is 5.32 Å². The van der Waals surface area contributed by atoms with Crippen molar-refractivity contribution in [3.05, 3.63) is 35.9 Å². The first-order valence-electron chi connectivity index (χ1n) is 6.00. The molecule has 0 aromatic heterocycles. The summed E-state index contributed by atoms with van der Waals surface area (Å²) in [6, 6.07) is 7.95. The molecule has 0 aliphatic rings. The van der Waals surface area contributed by atoms with E-state index in [0.29, 0.717) is 0 Å². The van der Waals surface area contributed by atoms with Crippen LogP contribution in [0.15, 0.2) is 30.3 Å². The topological polar surface area (TPSA) is 66.4 Å². The molecule has 19 heavy (non-hydrogen) atoms. The summed E-state index contributed by atoms with van der Waals surface area (Å²) in [5.74, 6) is -1.84. The fourth-order valence-corrected chi connectivity index (χ4v) is 1.80. The fourth-order valence-electron chi connectivity index (χ4n) is 1.80. The SMILES string of the molecule is CC(C)(CC(=O)NC(CF)C(=O)O)c1ccccc1. The van der Waals surface area contributed by atoms with E-state index < -0.39 is 30.0 Å². The average molecular weight is 267 g/mol. The van der Waals surface area contributed by atoms with Gasteiger partial charge in [-0.3, -0.25) is 4.79 Å². The Morgan fingerprint density at radius 2 is 1.89 bits per heavy atom. The van der Waals surface area contributed by atoms with Crippen molar-refractivity contribution in [1.82, 2.24) is 5.32 Å². The monoisotopic (exact) mass is 267 g/mol. The minimum atomic E-state index is -1.47. The van der Waals surface area contributed by atoms with Crippen molar-refractivity contribution in [2.75, 3.05) is 6.67 Å². The molecular formula is C14H18FNO3. The van der Waals surface area contributed by atoms with Crippen molar-refractivity contribution in [2.45, 2.75) is 31.7 Å². The minimum Gasteiger partial charge on any atom is -0.480 e. The van der Waals surface area contributed by atoms with Crippen LogP contribution in [-0.2, 0) is 15.0 Å². The molecule has 0 spiro atoms. The quantitative estimate of drug-likeness (QED) is 0.827. The number of rotatable bonds is 6. The lowest BCUT2D eigenvalue weighted by atomic mass is 9.81. The standard InChI is InChI=1S/C14H18FNO3/c1-14(2,10-6-4-3-5-7-10)8-12(17)16-11(9-15)13(18)19/h3-7,11H,8-9H2,1-2H3,(H,16,17)(H,18,19). The van der Waals surface area contributed by atoms with Crippen molar-refractivity contribution in [3.8, 4) is 0 Å². The molecule has 2 N–H and O–H groups in total. The van der Waals surface area contributed by atoms with Crippen LogP contribution in [0.5, 0.6) is 0 Å². The zero-order chi connectivity index (χ0) is 14.5. The molecule has 1 atom stereocenters. The maximum atomic E-state index is 12.4. The number of amides is 1. The highest BCUT2D eigenvalue weighted by molar-refractivity contribution is 5.84. The molecule has 0 fully saturated rings. The van der Waals surface area contributed by atoms with Crippen molar-refractivity contribution >= 4 is 11.9 Å². The van der Waals surface area contributed by atoms with Gasteiger partial charge in [-0.05, 0) is 11.0 Å². The maximum absolute atomic E-state index is 12.4. The highest BCUT2D eigenvalue weighted by Crippen LogP contribution is 2.26. The van der Waals surface area contributed by atoms with Gasteiger partial charge in [0, 0.05) is 6.42 Å². The van der Waals surface area contributed by atoms with E-state index in [1.165, 1.54) is 0 Å². The maximum Gasteiger partial charge on any atom is 0.328 e. The molecule has 5 heteroatoms. The van der Waals surface area contributed by atoms with E-state index in [4.69, 9.17) is 5.11 Å². The third kappa shape index (κ3) is 4.35. The summed E-state index contributed by atoms with van der Waals surface area (Å²) in [6.45, 7) is 2.65. The summed E-state index contributed by atoms with van der Waals surface area (Å²) in [4.78, 5) is 22.4. The highest BCUT2D eigenvalue weighted by Gasteiger charge is 2.27. The van der Waals surface area contributed by atoms with Gasteiger partial charge >= 0.3 is 5.97 Å². The van der Waals surface area contributed by atoms with Crippen LogP contribution >= 0.6 is 0 Å². The molecule has 1 aromatic rings. The first-order valence-corrected chi connectivity index (χ1v) is 6.00. The summed E-state index contributed by atoms with van der Waals surface area (Å²) in [7, 11) is 0.